The predicted octanol–water partition coefficient (Wildman–Crippen LogP) is 3.09. The molecule has 0 aliphatic heterocycles. The van der Waals surface area contributed by atoms with Gasteiger partial charge in [-0.2, -0.15) is 0 Å². The molecule has 0 N–H and O–H groups in total. The lowest BCUT2D eigenvalue weighted by Crippen LogP contribution is -2.03. The van der Waals surface area contributed by atoms with Crippen LogP contribution in [-0.2, 0) is 4.79 Å². The number of ether oxygens (including phenoxy) is 1. The zero-order chi connectivity index (χ0) is 13.0. The van der Waals surface area contributed by atoms with Crippen LogP contribution in [0.2, 0.25) is 0 Å². The first-order chi connectivity index (χ1) is 8.70. The Morgan fingerprint density at radius 1 is 1.06 bits per heavy atom. The Hall–Kier alpha value is -2.42. The molecule has 0 atom stereocenters. The topological polar surface area (TPSA) is 43.4 Å². The van der Waals surface area contributed by atoms with E-state index < -0.39 is 5.97 Å². The lowest BCUT2D eigenvalue weighted by atomic mass is 10.0. The first-order valence-electron chi connectivity index (χ1n) is 5.54. The number of carbonyl (C=O) groups excluding carboxylic acids is 2. The van der Waals surface area contributed by atoms with Gasteiger partial charge in [-0.05, 0) is 23.3 Å². The maximum absolute atomic E-state index is 11.0. The zero-order valence-corrected chi connectivity index (χ0v) is 9.92. The van der Waals surface area contributed by atoms with Crippen LogP contribution in [0.3, 0.4) is 0 Å². The highest BCUT2D eigenvalue weighted by Crippen LogP contribution is 2.26. The smallest absolute Gasteiger partial charge is 0.308 e. The van der Waals surface area contributed by atoms with Crippen molar-refractivity contribution in [2.75, 3.05) is 0 Å². The predicted molar refractivity (Wildman–Crippen MR) is 68.6 cm³/mol. The molecule has 0 fully saturated rings. The van der Waals surface area contributed by atoms with Crippen LogP contribution in [0, 0.1) is 0 Å². The van der Waals surface area contributed by atoms with Crippen molar-refractivity contribution in [2.24, 2.45) is 0 Å². The average molecular weight is 240 g/mol. The summed E-state index contributed by atoms with van der Waals surface area (Å²) in [5.74, 6) is -0.151. The van der Waals surface area contributed by atoms with Gasteiger partial charge in [0.15, 0.2) is 6.29 Å². The molecule has 3 heteroatoms. The van der Waals surface area contributed by atoms with Gasteiger partial charge in [-0.15, -0.1) is 0 Å². The van der Waals surface area contributed by atoms with Crippen LogP contribution in [0.5, 0.6) is 5.75 Å². The van der Waals surface area contributed by atoms with E-state index in [0.717, 1.165) is 11.1 Å². The van der Waals surface area contributed by atoms with E-state index in [1.165, 1.54) is 6.92 Å². The van der Waals surface area contributed by atoms with E-state index in [4.69, 9.17) is 4.74 Å². The summed E-state index contributed by atoms with van der Waals surface area (Å²) in [7, 11) is 0. The fourth-order valence-electron chi connectivity index (χ4n) is 1.69. The Labute approximate surface area is 105 Å². The molecular formula is C15H12O3. The largest absolute Gasteiger partial charge is 0.426 e. The fraction of sp³-hybridized carbons (Fsp3) is 0.0667. The Morgan fingerprint density at radius 2 is 1.78 bits per heavy atom. The molecule has 0 aliphatic carbocycles. The molecule has 0 saturated carbocycles. The molecule has 2 aromatic carbocycles. The highest BCUT2D eigenvalue weighted by molar-refractivity contribution is 5.84. The van der Waals surface area contributed by atoms with E-state index in [9.17, 15) is 9.59 Å². The van der Waals surface area contributed by atoms with Crippen molar-refractivity contribution in [1.29, 1.82) is 0 Å². The molecule has 2 aromatic rings. The van der Waals surface area contributed by atoms with E-state index >= 15 is 0 Å². The molecule has 0 radical (unpaired) electrons. The second-order valence-corrected chi connectivity index (χ2v) is 3.83. The lowest BCUT2D eigenvalue weighted by molar-refractivity contribution is -0.131. The van der Waals surface area contributed by atoms with Gasteiger partial charge in [-0.25, -0.2) is 0 Å². The van der Waals surface area contributed by atoms with Crippen LogP contribution >= 0.6 is 0 Å². The van der Waals surface area contributed by atoms with Crippen molar-refractivity contribution >= 4 is 12.3 Å². The van der Waals surface area contributed by atoms with Crippen molar-refractivity contribution < 1.29 is 14.3 Å². The standard InChI is InChI=1S/C15H12O3/c1-11(17)18-15-9-13(7-8-14(15)10-16)12-5-3-2-4-6-12/h2-10H,1H3. The molecule has 0 unspecified atom stereocenters. The molecular weight excluding hydrogens is 228 g/mol. The number of esters is 1. The summed E-state index contributed by atoms with van der Waals surface area (Å²) in [5.41, 5.74) is 2.27. The second-order valence-electron chi connectivity index (χ2n) is 3.83. The minimum atomic E-state index is -0.441. The van der Waals surface area contributed by atoms with Crippen molar-refractivity contribution in [3.63, 3.8) is 0 Å². The number of benzene rings is 2. The SMILES string of the molecule is CC(=O)Oc1cc(-c2ccccc2)ccc1C=O. The van der Waals surface area contributed by atoms with Gasteiger partial charge in [0.2, 0.25) is 0 Å². The first-order valence-corrected chi connectivity index (χ1v) is 5.54. The van der Waals surface area contributed by atoms with Crippen LogP contribution in [0.25, 0.3) is 11.1 Å². The third-order valence-corrected chi connectivity index (χ3v) is 2.50. The van der Waals surface area contributed by atoms with Crippen LogP contribution in [0.4, 0.5) is 0 Å². The van der Waals surface area contributed by atoms with Gasteiger partial charge in [0, 0.05) is 6.92 Å². The van der Waals surface area contributed by atoms with Gasteiger partial charge in [-0.1, -0.05) is 36.4 Å². The number of hydrogen-bond acceptors (Lipinski definition) is 3. The maximum Gasteiger partial charge on any atom is 0.308 e. The third-order valence-electron chi connectivity index (χ3n) is 2.50. The quantitative estimate of drug-likeness (QED) is 0.470. The Balaban J connectivity index is 2.45. The van der Waals surface area contributed by atoms with Crippen molar-refractivity contribution in [1.82, 2.24) is 0 Å². The lowest BCUT2D eigenvalue weighted by Gasteiger charge is -2.07. The number of hydrogen-bond donors (Lipinski definition) is 0. The molecule has 90 valence electrons. The van der Waals surface area contributed by atoms with E-state index in [2.05, 4.69) is 0 Å². The van der Waals surface area contributed by atoms with E-state index in [0.29, 0.717) is 17.6 Å². The molecule has 0 spiro atoms. The Morgan fingerprint density at radius 3 is 2.39 bits per heavy atom. The van der Waals surface area contributed by atoms with Crippen molar-refractivity contribution in [3.05, 3.63) is 54.1 Å². The molecule has 0 saturated heterocycles. The Bertz CT molecular complexity index is 574. The van der Waals surface area contributed by atoms with Gasteiger partial charge in [-0.3, -0.25) is 9.59 Å². The van der Waals surface area contributed by atoms with E-state index in [-0.39, 0.29) is 0 Å². The van der Waals surface area contributed by atoms with Crippen molar-refractivity contribution in [2.45, 2.75) is 6.92 Å². The summed E-state index contributed by atoms with van der Waals surface area (Å²) >= 11 is 0. The molecule has 0 aliphatic rings. The van der Waals surface area contributed by atoms with Gasteiger partial charge in [0.05, 0.1) is 5.56 Å². The summed E-state index contributed by atoms with van der Waals surface area (Å²) in [6.45, 7) is 1.31. The average Bonchev–Trinajstić information content (AvgIpc) is 2.39. The van der Waals surface area contributed by atoms with Crippen LogP contribution in [-0.4, -0.2) is 12.3 Å². The van der Waals surface area contributed by atoms with Gasteiger partial charge in [0.1, 0.15) is 5.75 Å². The first kappa shape index (κ1) is 12.0. The third kappa shape index (κ3) is 2.63. The molecule has 3 nitrogen and oxygen atoms in total. The van der Waals surface area contributed by atoms with Gasteiger partial charge >= 0.3 is 5.97 Å². The summed E-state index contributed by atoms with van der Waals surface area (Å²) < 4.78 is 5.03. The number of aldehydes is 1. The van der Waals surface area contributed by atoms with Crippen molar-refractivity contribution in [3.8, 4) is 16.9 Å². The number of rotatable bonds is 3. The summed E-state index contributed by atoms with van der Waals surface area (Å²) in [6, 6.07) is 14.8. The molecule has 0 aromatic heterocycles. The highest BCUT2D eigenvalue weighted by atomic mass is 16.5. The molecule has 0 bridgehead atoms. The van der Waals surface area contributed by atoms with Gasteiger partial charge in [0.25, 0.3) is 0 Å². The van der Waals surface area contributed by atoms with Gasteiger partial charge < -0.3 is 4.74 Å². The molecule has 2 rings (SSSR count). The summed E-state index contributed by atoms with van der Waals surface area (Å²) in [6.07, 6.45) is 0.674. The van der Waals surface area contributed by atoms with E-state index in [1.807, 2.05) is 36.4 Å². The molecule has 0 amide bonds. The normalized spacial score (nSPS) is 9.83. The molecule has 0 heterocycles. The number of carbonyl (C=O) groups is 2. The van der Waals surface area contributed by atoms with Crippen LogP contribution in [0.1, 0.15) is 17.3 Å². The maximum atomic E-state index is 11.0. The minimum absolute atomic E-state index is 0.291. The zero-order valence-electron chi connectivity index (χ0n) is 9.92. The fourth-order valence-corrected chi connectivity index (χ4v) is 1.69. The minimum Gasteiger partial charge on any atom is -0.426 e. The Kier molecular flexibility index (Phi) is 3.53. The monoisotopic (exact) mass is 240 g/mol. The van der Waals surface area contributed by atoms with Crippen LogP contribution in [0.15, 0.2) is 48.5 Å². The second kappa shape index (κ2) is 5.27. The molecule has 18 heavy (non-hydrogen) atoms. The summed E-state index contributed by atoms with van der Waals surface area (Å²) in [4.78, 5) is 21.9. The highest BCUT2D eigenvalue weighted by Gasteiger charge is 2.08. The van der Waals surface area contributed by atoms with E-state index in [1.54, 1.807) is 12.1 Å². The van der Waals surface area contributed by atoms with Crippen LogP contribution < -0.4 is 4.74 Å². The summed E-state index contributed by atoms with van der Waals surface area (Å²) in [5, 5.41) is 0.